The molecule has 0 spiro atoms. The molecule has 2 aliphatic rings. The smallest absolute Gasteiger partial charge is 0.407 e. The van der Waals surface area contributed by atoms with E-state index in [-0.39, 0.29) is 48.8 Å². The molecule has 2 aliphatic heterocycles. The molecule has 0 unspecified atom stereocenters. The number of aromatic nitrogens is 4. The van der Waals surface area contributed by atoms with Crippen LogP contribution in [0.15, 0.2) is 60.9 Å². The Morgan fingerprint density at radius 2 is 1.19 bits per heavy atom. The fourth-order valence-corrected chi connectivity index (χ4v) is 7.82. The number of likely N-dealkylation sites (tertiary alicyclic amines) is 2. The summed E-state index contributed by atoms with van der Waals surface area (Å²) in [6, 6.07) is 13.6. The van der Waals surface area contributed by atoms with Crippen molar-refractivity contribution in [1.29, 1.82) is 0 Å². The summed E-state index contributed by atoms with van der Waals surface area (Å²) in [5.74, 6) is -0.108. The monoisotopic (exact) mass is 818 g/mol. The Labute approximate surface area is 341 Å². The van der Waals surface area contributed by atoms with Gasteiger partial charge >= 0.3 is 18.8 Å². The molecule has 6 rings (SSSR count). The highest BCUT2D eigenvalue weighted by molar-refractivity contribution is 5.87. The molecule has 2 aromatic carbocycles. The van der Waals surface area contributed by atoms with E-state index in [0.717, 1.165) is 40.8 Å². The highest BCUT2D eigenvalue weighted by atomic mass is 19.3. The first kappa shape index (κ1) is 42.8. The van der Waals surface area contributed by atoms with Gasteiger partial charge in [-0.25, -0.2) is 19.6 Å². The lowest BCUT2D eigenvalue weighted by Gasteiger charge is -2.30. The van der Waals surface area contributed by atoms with Crippen LogP contribution in [0.2, 0.25) is 0 Å². The number of hydrogen-bond acceptors (Lipinski definition) is 9. The topological polar surface area (TPSA) is 184 Å². The zero-order valence-corrected chi connectivity index (χ0v) is 34.0. The number of alkyl carbamates (subject to hydrolysis) is 2. The summed E-state index contributed by atoms with van der Waals surface area (Å²) in [5, 5.41) is 5.28. The number of H-pyrrole nitrogens is 2. The normalized spacial score (nSPS) is 19.0. The lowest BCUT2D eigenvalue weighted by atomic mass is 10.0. The van der Waals surface area contributed by atoms with Crippen LogP contribution in [-0.4, -0.2) is 106 Å². The van der Waals surface area contributed by atoms with Crippen LogP contribution in [-0.2, 0) is 23.8 Å². The van der Waals surface area contributed by atoms with E-state index in [1.165, 1.54) is 14.2 Å². The molecule has 17 heteroatoms. The van der Waals surface area contributed by atoms with Gasteiger partial charge in [-0.3, -0.25) is 9.59 Å². The summed E-state index contributed by atoms with van der Waals surface area (Å²) < 4.78 is 40.0. The minimum atomic E-state index is -2.93. The molecule has 0 radical (unpaired) electrons. The van der Waals surface area contributed by atoms with Crippen molar-refractivity contribution < 1.29 is 42.2 Å². The Balaban J connectivity index is 1.13. The van der Waals surface area contributed by atoms with Gasteiger partial charge in [0.2, 0.25) is 11.8 Å². The van der Waals surface area contributed by atoms with Crippen molar-refractivity contribution in [2.45, 2.75) is 77.7 Å². The summed E-state index contributed by atoms with van der Waals surface area (Å²) in [5.41, 5.74) is 5.30. The van der Waals surface area contributed by atoms with Gasteiger partial charge in [0, 0.05) is 19.0 Å². The van der Waals surface area contributed by atoms with E-state index in [1.807, 2.05) is 62.4 Å². The maximum atomic E-state index is 13.8. The zero-order chi connectivity index (χ0) is 42.4. The lowest BCUT2D eigenvalue weighted by molar-refractivity contribution is -0.139. The molecule has 4 aromatic rings. The van der Waals surface area contributed by atoms with Crippen molar-refractivity contribution in [2.75, 3.05) is 33.9 Å². The van der Waals surface area contributed by atoms with E-state index < -0.39 is 36.9 Å². The molecular weight excluding hydrogens is 767 g/mol. The highest BCUT2D eigenvalue weighted by Crippen LogP contribution is 2.37. The van der Waals surface area contributed by atoms with E-state index in [9.17, 15) is 28.0 Å². The van der Waals surface area contributed by atoms with E-state index in [2.05, 4.69) is 35.3 Å². The second kappa shape index (κ2) is 18.8. The average Bonchev–Trinajstić information content (AvgIpc) is 4.07. The first-order chi connectivity index (χ1) is 28.3. The molecular formula is C42H52F2N8O7. The molecule has 5 atom stereocenters. The highest BCUT2D eigenvalue weighted by Gasteiger charge is 2.42. The number of carbonyl (C=O) groups excluding carboxylic acids is 4. The Kier molecular flexibility index (Phi) is 13.6. The number of hydrogen-bond donors (Lipinski definition) is 4. The summed E-state index contributed by atoms with van der Waals surface area (Å²) in [7, 11) is 2.49. The lowest BCUT2D eigenvalue weighted by Crippen LogP contribution is -2.51. The minimum Gasteiger partial charge on any atom is -0.453 e. The first-order valence-corrected chi connectivity index (χ1v) is 19.8. The Morgan fingerprint density at radius 3 is 1.64 bits per heavy atom. The number of carbonyl (C=O) groups is 4. The average molecular weight is 819 g/mol. The van der Waals surface area contributed by atoms with Crippen LogP contribution in [0.1, 0.15) is 70.7 Å². The number of aromatic amines is 2. The van der Waals surface area contributed by atoms with Gasteiger partial charge in [-0.2, -0.15) is 8.78 Å². The molecule has 59 heavy (non-hydrogen) atoms. The number of rotatable bonds is 14. The SMILES string of the molecule is COC(=O)N[C@H](C(=O)N1CCC[C@H]1c1ncc(-c2ccc(-c3ccc(-c4cnc([C@@H]5C[C@H](COC(F)F)CN5C(=O)[C@@H](NC(=O)OC)C(C)C)[nH]4)cc3)cc2)[nH]1)C(C)C. The molecule has 4 N–H and O–H groups in total. The number of benzene rings is 2. The van der Waals surface area contributed by atoms with Crippen LogP contribution < -0.4 is 10.6 Å². The van der Waals surface area contributed by atoms with E-state index in [4.69, 9.17) is 9.47 Å². The van der Waals surface area contributed by atoms with Crippen LogP contribution in [0.25, 0.3) is 33.6 Å². The minimum absolute atomic E-state index is 0.128. The maximum Gasteiger partial charge on any atom is 0.407 e. The standard InChI is InChI=1S/C42H52F2N8O7/c1-23(2)34(49-41(55)57-5)38(53)51-17-7-8-32(51)36-45-19-30(47-36)28-13-9-26(10-14-28)27-11-15-29(16-12-27)31-20-46-37(48-31)33-18-25(22-59-40(43)44)21-52(33)39(54)35(24(3)4)50-42(56)58-6/h9-16,19-20,23-25,32-35,40H,7-8,17-18,21-22H2,1-6H3,(H,45,47)(H,46,48)(H,49,55)(H,50,56)/t25-,32-,33-,34-,35-/m0/s1. The Hall–Kier alpha value is -5.84. The number of nitrogens with zero attached hydrogens (tertiary/aromatic N) is 4. The molecule has 0 saturated carbocycles. The second-order valence-electron chi connectivity index (χ2n) is 15.6. The van der Waals surface area contributed by atoms with Crippen molar-refractivity contribution >= 4 is 24.0 Å². The summed E-state index contributed by atoms with van der Waals surface area (Å²) in [4.78, 5) is 70.7. The number of alkyl halides is 2. The second-order valence-corrected chi connectivity index (χ2v) is 15.6. The van der Waals surface area contributed by atoms with Crippen LogP contribution in [0.3, 0.4) is 0 Å². The van der Waals surface area contributed by atoms with Crippen molar-refractivity contribution in [2.24, 2.45) is 17.8 Å². The van der Waals surface area contributed by atoms with E-state index in [1.54, 1.807) is 36.0 Å². The van der Waals surface area contributed by atoms with Crippen molar-refractivity contribution in [1.82, 2.24) is 40.4 Å². The third kappa shape index (κ3) is 9.90. The molecule has 2 saturated heterocycles. The Bertz CT molecular complexity index is 2070. The first-order valence-electron chi connectivity index (χ1n) is 19.8. The van der Waals surface area contributed by atoms with Crippen molar-refractivity contribution in [3.05, 3.63) is 72.6 Å². The number of halogens is 2. The van der Waals surface area contributed by atoms with Crippen LogP contribution in [0.5, 0.6) is 0 Å². The summed E-state index contributed by atoms with van der Waals surface area (Å²) >= 11 is 0. The number of amides is 4. The number of nitrogens with one attached hydrogen (secondary N) is 4. The van der Waals surface area contributed by atoms with E-state index >= 15 is 0 Å². The van der Waals surface area contributed by atoms with Gasteiger partial charge in [0.15, 0.2) is 0 Å². The third-order valence-corrected chi connectivity index (χ3v) is 11.0. The third-order valence-electron chi connectivity index (χ3n) is 11.0. The zero-order valence-electron chi connectivity index (χ0n) is 34.0. The number of methoxy groups -OCH3 is 2. The quantitative estimate of drug-likeness (QED) is 0.108. The molecule has 0 aliphatic carbocycles. The number of imidazole rings is 2. The van der Waals surface area contributed by atoms with Gasteiger partial charge in [0.05, 0.1) is 56.7 Å². The van der Waals surface area contributed by atoms with Crippen molar-refractivity contribution in [3.8, 4) is 33.6 Å². The molecule has 2 fully saturated rings. The molecule has 2 aromatic heterocycles. The maximum absolute atomic E-state index is 13.8. The molecule has 4 heterocycles. The van der Waals surface area contributed by atoms with E-state index in [0.29, 0.717) is 30.3 Å². The fraction of sp³-hybridized carbons (Fsp3) is 0.476. The molecule has 316 valence electrons. The van der Waals surface area contributed by atoms with Gasteiger partial charge in [0.25, 0.3) is 0 Å². The summed E-state index contributed by atoms with van der Waals surface area (Å²) in [6.07, 6.45) is 3.98. The predicted octanol–water partition coefficient (Wildman–Crippen LogP) is 6.69. The molecule has 4 amide bonds. The predicted molar refractivity (Wildman–Crippen MR) is 214 cm³/mol. The van der Waals surface area contributed by atoms with Crippen LogP contribution in [0, 0.1) is 17.8 Å². The largest absolute Gasteiger partial charge is 0.453 e. The number of ether oxygens (including phenoxy) is 3. The van der Waals surface area contributed by atoms with Gasteiger partial charge in [-0.15, -0.1) is 0 Å². The van der Waals surface area contributed by atoms with Gasteiger partial charge < -0.3 is 44.6 Å². The molecule has 15 nitrogen and oxygen atoms in total. The van der Waals surface area contributed by atoms with Crippen molar-refractivity contribution in [3.63, 3.8) is 0 Å². The van der Waals surface area contributed by atoms with Crippen LogP contribution in [0.4, 0.5) is 18.4 Å². The Morgan fingerprint density at radius 1 is 0.729 bits per heavy atom. The van der Waals surface area contributed by atoms with Gasteiger partial charge in [-0.05, 0) is 53.4 Å². The summed E-state index contributed by atoms with van der Waals surface area (Å²) in [6.45, 7) is 4.93. The van der Waals surface area contributed by atoms with Gasteiger partial charge in [0.1, 0.15) is 23.7 Å². The van der Waals surface area contributed by atoms with Crippen LogP contribution >= 0.6 is 0 Å². The molecule has 0 bridgehead atoms. The fourth-order valence-electron chi connectivity index (χ4n) is 7.82. The van der Waals surface area contributed by atoms with Gasteiger partial charge in [-0.1, -0.05) is 76.2 Å².